The van der Waals surface area contributed by atoms with E-state index in [1.54, 1.807) is 0 Å². The fourth-order valence-electron chi connectivity index (χ4n) is 0. The molecule has 0 aromatic rings. The first-order valence-electron chi connectivity index (χ1n) is 3.68. The normalized spacial score (nSPS) is 10.8. The molecular formula is C6EuF9O6. The maximum atomic E-state index is 10.5. The maximum absolute atomic E-state index is 10.5. The van der Waals surface area contributed by atoms with Gasteiger partial charge in [0.05, 0.1) is 0 Å². The van der Waals surface area contributed by atoms with Gasteiger partial charge in [-0.2, -0.15) is 39.5 Å². The monoisotopic (exact) mass is 492 g/mol. The molecule has 0 saturated heterocycles. The van der Waals surface area contributed by atoms with Crippen LogP contribution in [-0.4, -0.2) is 36.4 Å². The molecule has 6 nitrogen and oxygen atoms in total. The van der Waals surface area contributed by atoms with Gasteiger partial charge in [0.25, 0.3) is 0 Å². The Labute approximate surface area is 154 Å². The van der Waals surface area contributed by atoms with Crippen LogP contribution in [0, 0.1) is 49.4 Å². The van der Waals surface area contributed by atoms with Gasteiger partial charge in [-0.1, -0.05) is 0 Å². The van der Waals surface area contributed by atoms with E-state index >= 15 is 0 Å². The summed E-state index contributed by atoms with van der Waals surface area (Å²) in [6, 6.07) is 0. The number of alkyl halides is 9. The Balaban J connectivity index is -0.000000108. The number of carbonyl (C=O) groups excluding carboxylic acids is 3. The van der Waals surface area contributed by atoms with E-state index < -0.39 is 36.4 Å². The number of rotatable bonds is 0. The van der Waals surface area contributed by atoms with Crippen LogP contribution in [-0.2, 0) is 14.4 Å². The topological polar surface area (TPSA) is 120 Å². The fourth-order valence-corrected chi connectivity index (χ4v) is 0. The maximum Gasteiger partial charge on any atom is 3.00 e. The minimum absolute atomic E-state index is 0. The molecule has 0 amide bonds. The molecular weight excluding hydrogens is 491 g/mol. The number of aliphatic carboxylic acids is 3. The van der Waals surface area contributed by atoms with Crippen molar-refractivity contribution in [2.24, 2.45) is 0 Å². The summed E-state index contributed by atoms with van der Waals surface area (Å²) < 4.78 is 94.6. The molecule has 0 aliphatic heterocycles. The van der Waals surface area contributed by atoms with Crippen LogP contribution >= 0.6 is 0 Å². The van der Waals surface area contributed by atoms with Gasteiger partial charge in [0, 0.05) is 0 Å². The average Bonchev–Trinajstić information content (AvgIpc) is 2.14. The predicted octanol–water partition coefficient (Wildman–Crippen LogP) is -2.10. The predicted molar refractivity (Wildman–Crippen MR) is 33.2 cm³/mol. The molecule has 0 atom stereocenters. The number of hydrogen-bond donors (Lipinski definition) is 0. The molecule has 0 aliphatic carbocycles. The van der Waals surface area contributed by atoms with E-state index in [0.717, 1.165) is 0 Å². The molecule has 0 heterocycles. The van der Waals surface area contributed by atoms with Crippen molar-refractivity contribution in [3.8, 4) is 0 Å². The zero-order valence-corrected chi connectivity index (χ0v) is 11.7. The van der Waals surface area contributed by atoms with Crippen molar-refractivity contribution in [3.63, 3.8) is 0 Å². The average molecular weight is 491 g/mol. The van der Waals surface area contributed by atoms with Crippen molar-refractivity contribution in [1.29, 1.82) is 0 Å². The summed E-state index contributed by atoms with van der Waals surface area (Å²) in [6.07, 6.45) is -15.6. The zero-order valence-electron chi connectivity index (χ0n) is 9.23. The number of carbonyl (C=O) groups is 3. The van der Waals surface area contributed by atoms with Crippen LogP contribution in [0.1, 0.15) is 0 Å². The van der Waals surface area contributed by atoms with Gasteiger partial charge in [-0.05, 0) is 0 Å². The molecule has 22 heavy (non-hydrogen) atoms. The summed E-state index contributed by atoms with van der Waals surface area (Å²) in [5.41, 5.74) is 0. The third-order valence-electron chi connectivity index (χ3n) is 0.694. The fraction of sp³-hybridized carbons (Fsp3) is 0.500. The summed E-state index contributed by atoms with van der Waals surface area (Å²) in [7, 11) is 0. The molecule has 0 N–H and O–H groups in total. The number of carboxylic acid groups (broad SMARTS) is 3. The van der Waals surface area contributed by atoms with E-state index in [0.29, 0.717) is 0 Å². The summed E-state index contributed by atoms with van der Waals surface area (Å²) >= 11 is 0. The van der Waals surface area contributed by atoms with E-state index in [1.807, 2.05) is 0 Å². The molecule has 0 saturated carbocycles. The van der Waals surface area contributed by atoms with Gasteiger partial charge in [-0.15, -0.1) is 0 Å². The van der Waals surface area contributed by atoms with Crippen molar-refractivity contribution < 1.29 is 119 Å². The summed E-state index contributed by atoms with van der Waals surface area (Å²) in [5.74, 6) is -9.02. The summed E-state index contributed by atoms with van der Waals surface area (Å²) in [4.78, 5) is 26.4. The quantitative estimate of drug-likeness (QED) is 0.358. The zero-order chi connectivity index (χ0) is 18.2. The molecule has 0 aliphatic rings. The van der Waals surface area contributed by atoms with Gasteiger partial charge in [0.2, 0.25) is 0 Å². The van der Waals surface area contributed by atoms with Crippen LogP contribution < -0.4 is 15.3 Å². The van der Waals surface area contributed by atoms with Gasteiger partial charge < -0.3 is 29.7 Å². The SMILES string of the molecule is O=C([O-])C(F)(F)F.O=C([O-])C(F)(F)F.O=C([O-])C(F)(F)F.[Eu+3]. The Morgan fingerprint density at radius 3 is 0.545 bits per heavy atom. The first-order chi connectivity index (χ1) is 8.83. The molecule has 0 aromatic carbocycles. The second kappa shape index (κ2) is 11.0. The Morgan fingerprint density at radius 2 is 0.545 bits per heavy atom. The molecule has 0 bridgehead atoms. The third kappa shape index (κ3) is 21.7. The second-order valence-corrected chi connectivity index (χ2v) is 2.36. The Morgan fingerprint density at radius 1 is 0.500 bits per heavy atom. The van der Waals surface area contributed by atoms with Gasteiger partial charge in [0.1, 0.15) is 17.9 Å². The van der Waals surface area contributed by atoms with Crippen LogP contribution in [0.4, 0.5) is 39.5 Å². The van der Waals surface area contributed by atoms with Gasteiger partial charge in [0.15, 0.2) is 0 Å². The number of hydrogen-bond acceptors (Lipinski definition) is 6. The van der Waals surface area contributed by atoms with Crippen LogP contribution in [0.5, 0.6) is 0 Å². The first-order valence-corrected chi connectivity index (χ1v) is 3.68. The Bertz CT molecular complexity index is 313. The van der Waals surface area contributed by atoms with E-state index in [2.05, 4.69) is 0 Å². The number of halogens is 9. The van der Waals surface area contributed by atoms with Gasteiger partial charge >= 0.3 is 67.9 Å². The first kappa shape index (κ1) is 29.4. The molecule has 0 unspecified atom stereocenters. The van der Waals surface area contributed by atoms with E-state index in [1.165, 1.54) is 0 Å². The van der Waals surface area contributed by atoms with Crippen LogP contribution in [0.25, 0.3) is 0 Å². The van der Waals surface area contributed by atoms with Crippen molar-refractivity contribution in [3.05, 3.63) is 0 Å². The van der Waals surface area contributed by atoms with Crippen molar-refractivity contribution in [2.75, 3.05) is 0 Å². The van der Waals surface area contributed by atoms with Gasteiger partial charge in [-0.3, -0.25) is 0 Å². The second-order valence-electron chi connectivity index (χ2n) is 2.36. The molecule has 0 spiro atoms. The third-order valence-corrected chi connectivity index (χ3v) is 0.694. The van der Waals surface area contributed by atoms with E-state index in [9.17, 15) is 39.5 Å². The molecule has 16 heteroatoms. The van der Waals surface area contributed by atoms with Crippen molar-refractivity contribution in [2.45, 2.75) is 18.5 Å². The van der Waals surface area contributed by atoms with Crippen molar-refractivity contribution >= 4 is 17.9 Å². The molecule has 0 aromatic heterocycles. The minimum Gasteiger partial charge on any atom is -0.542 e. The Kier molecular flexibility index (Phi) is 14.7. The standard InChI is InChI=1S/3C2HF3O2.Eu/c3*3-2(4,5)1(6)7;/h3*(H,6,7);/q;;;+3/p-3. The Hall–Kier alpha value is -0.636. The smallest absolute Gasteiger partial charge is 0.542 e. The van der Waals surface area contributed by atoms with Crippen LogP contribution in [0.15, 0.2) is 0 Å². The van der Waals surface area contributed by atoms with Crippen LogP contribution in [0.3, 0.4) is 0 Å². The van der Waals surface area contributed by atoms with Crippen molar-refractivity contribution in [1.82, 2.24) is 0 Å². The largest absolute Gasteiger partial charge is 3.00 e. The molecule has 0 fully saturated rings. The summed E-state index contributed by atoms with van der Waals surface area (Å²) in [6.45, 7) is 0. The van der Waals surface area contributed by atoms with E-state index in [4.69, 9.17) is 29.7 Å². The summed E-state index contributed by atoms with van der Waals surface area (Å²) in [5, 5.41) is 26.4. The van der Waals surface area contributed by atoms with Gasteiger partial charge in [-0.25, -0.2) is 0 Å². The van der Waals surface area contributed by atoms with Crippen LogP contribution in [0.2, 0.25) is 0 Å². The molecule has 130 valence electrons. The van der Waals surface area contributed by atoms with E-state index in [-0.39, 0.29) is 49.4 Å². The molecule has 0 radical (unpaired) electrons. The molecule has 0 rings (SSSR count). The minimum atomic E-state index is -5.19. The number of carboxylic acids is 3.